The second kappa shape index (κ2) is 8.58. The van der Waals surface area contributed by atoms with E-state index in [9.17, 15) is 4.39 Å². The maximum absolute atomic E-state index is 13.4. The van der Waals surface area contributed by atoms with Crippen molar-refractivity contribution in [1.29, 1.82) is 0 Å². The minimum absolute atomic E-state index is 0.236. The van der Waals surface area contributed by atoms with Crippen LogP contribution in [0.4, 0.5) is 10.3 Å². The molecule has 0 amide bonds. The number of hydrogen-bond donors (Lipinski definition) is 2. The fraction of sp³-hybridized carbons (Fsp3) is 0.143. The minimum atomic E-state index is -0.236. The third kappa shape index (κ3) is 3.82. The third-order valence-electron chi connectivity index (χ3n) is 6.56. The lowest BCUT2D eigenvalue weighted by Gasteiger charge is -2.27. The van der Waals surface area contributed by atoms with E-state index in [1.165, 1.54) is 23.3 Å². The van der Waals surface area contributed by atoms with Gasteiger partial charge in [0.2, 0.25) is 5.95 Å². The zero-order chi connectivity index (χ0) is 23.1. The van der Waals surface area contributed by atoms with Crippen LogP contribution in [0.3, 0.4) is 0 Å². The Kier molecular flexibility index (Phi) is 5.27. The van der Waals surface area contributed by atoms with Crippen molar-refractivity contribution in [2.75, 3.05) is 11.9 Å². The SMILES string of the molecule is Fc1ccc2c(CCNc3ncc4c(n3)-c3ccccc3C(c3ccc(Cl)cc3)C4)c[nH]c2c1. The van der Waals surface area contributed by atoms with Gasteiger partial charge in [0.25, 0.3) is 0 Å². The summed E-state index contributed by atoms with van der Waals surface area (Å²) in [6.45, 7) is 0.679. The number of hydrogen-bond acceptors (Lipinski definition) is 3. The fourth-order valence-electron chi connectivity index (χ4n) is 4.89. The summed E-state index contributed by atoms with van der Waals surface area (Å²) in [6, 6.07) is 21.4. The number of H-pyrrole nitrogens is 1. The number of halogens is 2. The van der Waals surface area contributed by atoms with Crippen molar-refractivity contribution in [3.8, 4) is 11.3 Å². The Hall–Kier alpha value is -3.70. The molecule has 0 saturated carbocycles. The van der Waals surface area contributed by atoms with Gasteiger partial charge in [0.15, 0.2) is 0 Å². The molecular formula is C28H22ClFN4. The largest absolute Gasteiger partial charge is 0.361 e. The lowest BCUT2D eigenvalue weighted by molar-refractivity contribution is 0.629. The molecule has 2 N–H and O–H groups in total. The van der Waals surface area contributed by atoms with Gasteiger partial charge in [-0.2, -0.15) is 0 Å². The first kappa shape index (κ1) is 20.9. The monoisotopic (exact) mass is 468 g/mol. The van der Waals surface area contributed by atoms with E-state index in [4.69, 9.17) is 16.6 Å². The van der Waals surface area contributed by atoms with Gasteiger partial charge in [-0.25, -0.2) is 14.4 Å². The van der Waals surface area contributed by atoms with Crippen LogP contribution in [-0.4, -0.2) is 21.5 Å². The standard InChI is InChI=1S/C28H22ClFN4/c29-20-7-5-17(6-8-20)25-13-19-16-33-28(34-27(19)24-4-2-1-3-23(24)25)31-12-11-18-15-32-26-14-21(30)9-10-22(18)26/h1-10,14-16,25,32H,11-13H2,(H,31,33,34). The molecule has 6 heteroatoms. The van der Waals surface area contributed by atoms with E-state index in [2.05, 4.69) is 51.7 Å². The smallest absolute Gasteiger partial charge is 0.223 e. The second-order valence-electron chi connectivity index (χ2n) is 8.64. The fourth-order valence-corrected chi connectivity index (χ4v) is 5.01. The third-order valence-corrected chi connectivity index (χ3v) is 6.81. The Bertz CT molecular complexity index is 1490. The van der Waals surface area contributed by atoms with Crippen molar-refractivity contribution < 1.29 is 4.39 Å². The summed E-state index contributed by atoms with van der Waals surface area (Å²) >= 11 is 6.11. The molecular weight excluding hydrogens is 447 g/mol. The van der Waals surface area contributed by atoms with Crippen LogP contribution in [0.15, 0.2) is 79.1 Å². The molecule has 1 aliphatic rings. The predicted molar refractivity (Wildman–Crippen MR) is 135 cm³/mol. The van der Waals surface area contributed by atoms with Crippen LogP contribution in [0, 0.1) is 5.82 Å². The van der Waals surface area contributed by atoms with Gasteiger partial charge in [-0.1, -0.05) is 48.0 Å². The second-order valence-corrected chi connectivity index (χ2v) is 9.08. The normalized spacial score (nSPS) is 14.6. The molecule has 0 saturated heterocycles. The molecule has 3 aromatic carbocycles. The number of aromatic nitrogens is 3. The Morgan fingerprint density at radius 2 is 1.91 bits per heavy atom. The van der Waals surface area contributed by atoms with E-state index < -0.39 is 0 Å². The minimum Gasteiger partial charge on any atom is -0.361 e. The molecule has 0 aliphatic heterocycles. The van der Waals surface area contributed by atoms with Crippen LogP contribution in [0.2, 0.25) is 5.02 Å². The Labute approximate surface area is 201 Å². The molecule has 0 radical (unpaired) electrons. The van der Waals surface area contributed by atoms with Crippen molar-refractivity contribution in [3.63, 3.8) is 0 Å². The quantitative estimate of drug-likeness (QED) is 0.299. The highest BCUT2D eigenvalue weighted by Crippen LogP contribution is 2.42. The molecule has 34 heavy (non-hydrogen) atoms. The van der Waals surface area contributed by atoms with Crippen molar-refractivity contribution >= 4 is 28.5 Å². The number of benzene rings is 3. The van der Waals surface area contributed by atoms with Crippen LogP contribution < -0.4 is 5.32 Å². The summed E-state index contributed by atoms with van der Waals surface area (Å²) in [5.74, 6) is 0.625. The lowest BCUT2D eigenvalue weighted by atomic mass is 9.78. The zero-order valence-electron chi connectivity index (χ0n) is 18.4. The van der Waals surface area contributed by atoms with Crippen molar-refractivity contribution in [2.24, 2.45) is 0 Å². The van der Waals surface area contributed by atoms with Gasteiger partial charge in [-0.05, 0) is 65.4 Å². The molecule has 1 aliphatic carbocycles. The predicted octanol–water partition coefficient (Wildman–Crippen LogP) is 6.76. The average Bonchev–Trinajstić information content (AvgIpc) is 3.26. The van der Waals surface area contributed by atoms with E-state index in [0.717, 1.165) is 51.2 Å². The van der Waals surface area contributed by atoms with Crippen LogP contribution in [0.25, 0.3) is 22.2 Å². The molecule has 1 atom stereocenters. The molecule has 0 spiro atoms. The van der Waals surface area contributed by atoms with E-state index in [-0.39, 0.29) is 11.7 Å². The van der Waals surface area contributed by atoms with Gasteiger partial charge in [0.1, 0.15) is 5.82 Å². The van der Waals surface area contributed by atoms with E-state index in [1.807, 2.05) is 30.6 Å². The number of anilines is 1. The Morgan fingerprint density at radius 3 is 2.79 bits per heavy atom. The molecule has 2 heterocycles. The summed E-state index contributed by atoms with van der Waals surface area (Å²) in [4.78, 5) is 12.6. The number of aromatic amines is 1. The summed E-state index contributed by atoms with van der Waals surface area (Å²) in [7, 11) is 0. The van der Waals surface area contributed by atoms with Gasteiger partial charge < -0.3 is 10.3 Å². The summed E-state index contributed by atoms with van der Waals surface area (Å²) in [6.07, 6.45) is 5.51. The van der Waals surface area contributed by atoms with Gasteiger partial charge in [-0.15, -0.1) is 0 Å². The van der Waals surface area contributed by atoms with E-state index >= 15 is 0 Å². The number of fused-ring (bicyclic) bond motifs is 4. The molecule has 2 aromatic heterocycles. The first-order valence-corrected chi connectivity index (χ1v) is 11.7. The molecule has 168 valence electrons. The Morgan fingerprint density at radius 1 is 1.06 bits per heavy atom. The van der Waals surface area contributed by atoms with Crippen molar-refractivity contribution in [1.82, 2.24) is 15.0 Å². The molecule has 4 nitrogen and oxygen atoms in total. The highest BCUT2D eigenvalue weighted by molar-refractivity contribution is 6.30. The lowest BCUT2D eigenvalue weighted by Crippen LogP contribution is -2.16. The van der Waals surface area contributed by atoms with E-state index in [0.29, 0.717) is 12.5 Å². The highest BCUT2D eigenvalue weighted by atomic mass is 35.5. The maximum atomic E-state index is 13.4. The van der Waals surface area contributed by atoms with Crippen molar-refractivity contribution in [3.05, 3.63) is 112 Å². The Balaban J connectivity index is 1.24. The first-order valence-electron chi connectivity index (χ1n) is 11.4. The van der Waals surface area contributed by atoms with Crippen LogP contribution in [0.5, 0.6) is 0 Å². The molecule has 6 rings (SSSR count). The van der Waals surface area contributed by atoms with Crippen LogP contribution in [-0.2, 0) is 12.8 Å². The average molecular weight is 469 g/mol. The number of rotatable bonds is 5. The maximum Gasteiger partial charge on any atom is 0.223 e. The summed E-state index contributed by atoms with van der Waals surface area (Å²) in [5.41, 5.74) is 7.73. The summed E-state index contributed by atoms with van der Waals surface area (Å²) in [5, 5.41) is 5.15. The number of nitrogens with zero attached hydrogens (tertiary/aromatic N) is 2. The zero-order valence-corrected chi connectivity index (χ0v) is 19.1. The molecule has 5 aromatic rings. The topological polar surface area (TPSA) is 53.6 Å². The highest BCUT2D eigenvalue weighted by Gasteiger charge is 2.27. The van der Waals surface area contributed by atoms with Gasteiger partial charge in [0.05, 0.1) is 5.69 Å². The van der Waals surface area contributed by atoms with Crippen molar-refractivity contribution in [2.45, 2.75) is 18.8 Å². The summed E-state index contributed by atoms with van der Waals surface area (Å²) < 4.78 is 13.4. The molecule has 0 bridgehead atoms. The van der Waals surface area contributed by atoms with Gasteiger partial charge in [-0.3, -0.25) is 0 Å². The van der Waals surface area contributed by atoms with Crippen LogP contribution >= 0.6 is 11.6 Å². The van der Waals surface area contributed by atoms with Crippen LogP contribution in [0.1, 0.15) is 28.2 Å². The van der Waals surface area contributed by atoms with E-state index in [1.54, 1.807) is 0 Å². The van der Waals surface area contributed by atoms with Gasteiger partial charge in [0, 0.05) is 46.3 Å². The van der Waals surface area contributed by atoms with Gasteiger partial charge >= 0.3 is 0 Å². The first-order chi connectivity index (χ1) is 16.7. The molecule has 1 unspecified atom stereocenters. The number of nitrogens with one attached hydrogen (secondary N) is 2. The molecule has 0 fully saturated rings.